The van der Waals surface area contributed by atoms with Crippen LogP contribution in [0.5, 0.6) is 0 Å². The number of hydrogen-bond donors (Lipinski definition) is 1. The number of amides is 1. The van der Waals surface area contributed by atoms with Crippen molar-refractivity contribution in [2.45, 2.75) is 19.4 Å². The van der Waals surface area contributed by atoms with Crippen LogP contribution >= 0.6 is 22.9 Å². The Hall–Kier alpha value is -2.45. The van der Waals surface area contributed by atoms with E-state index in [1.807, 2.05) is 11.4 Å². The topological polar surface area (TPSA) is 98.5 Å². The Balaban J connectivity index is 1.97. The second-order valence-corrected chi connectivity index (χ2v) is 6.24. The molecule has 0 saturated carbocycles. The van der Waals surface area contributed by atoms with Crippen molar-refractivity contribution in [3.63, 3.8) is 0 Å². The maximum atomic E-state index is 12.1. The zero-order valence-corrected chi connectivity index (χ0v) is 14.1. The van der Waals surface area contributed by atoms with Crippen molar-refractivity contribution >= 4 is 46.2 Å². The van der Waals surface area contributed by atoms with Gasteiger partial charge in [0, 0.05) is 17.0 Å². The van der Waals surface area contributed by atoms with Gasteiger partial charge in [-0.25, -0.2) is 0 Å². The number of esters is 1. The first kappa shape index (κ1) is 17.9. The van der Waals surface area contributed by atoms with Crippen LogP contribution in [0.2, 0.25) is 5.02 Å². The Morgan fingerprint density at radius 1 is 1.42 bits per heavy atom. The summed E-state index contributed by atoms with van der Waals surface area (Å²) in [4.78, 5) is 34.8. The highest BCUT2D eigenvalue weighted by atomic mass is 35.5. The van der Waals surface area contributed by atoms with E-state index in [-0.39, 0.29) is 22.8 Å². The zero-order chi connectivity index (χ0) is 17.7. The number of nitrogens with one attached hydrogen (secondary N) is 1. The molecule has 126 valence electrons. The van der Waals surface area contributed by atoms with E-state index in [9.17, 15) is 19.7 Å². The molecule has 0 saturated heterocycles. The molecule has 0 aliphatic rings. The minimum absolute atomic E-state index is 0.0762. The Morgan fingerprint density at radius 2 is 2.17 bits per heavy atom. The molecule has 0 radical (unpaired) electrons. The molecular formula is C15H13ClN2O5S. The summed E-state index contributed by atoms with van der Waals surface area (Å²) in [5.41, 5.74) is -0.130. The quantitative estimate of drug-likeness (QED) is 0.478. The molecule has 1 amide bonds. The number of benzene rings is 1. The molecule has 7 nitrogen and oxygen atoms in total. The van der Waals surface area contributed by atoms with Gasteiger partial charge in [-0.15, -0.1) is 11.3 Å². The van der Waals surface area contributed by atoms with Crippen LogP contribution in [0, 0.1) is 10.1 Å². The Morgan fingerprint density at radius 3 is 2.79 bits per heavy atom. The summed E-state index contributed by atoms with van der Waals surface area (Å²) in [5.74, 6) is -1.16. The first-order chi connectivity index (χ1) is 11.4. The lowest BCUT2D eigenvalue weighted by atomic mass is 10.2. The summed E-state index contributed by atoms with van der Waals surface area (Å²) < 4.78 is 5.05. The molecule has 1 atom stereocenters. The van der Waals surface area contributed by atoms with E-state index in [4.69, 9.17) is 16.3 Å². The van der Waals surface area contributed by atoms with Gasteiger partial charge in [0.05, 0.1) is 22.1 Å². The molecule has 0 spiro atoms. The maximum absolute atomic E-state index is 12.1. The molecule has 1 heterocycles. The summed E-state index contributed by atoms with van der Waals surface area (Å²) in [7, 11) is 0. The molecular weight excluding hydrogens is 356 g/mol. The van der Waals surface area contributed by atoms with E-state index in [0.717, 1.165) is 10.9 Å². The molecule has 1 aromatic heterocycles. The average molecular weight is 369 g/mol. The number of hydrogen-bond acceptors (Lipinski definition) is 6. The van der Waals surface area contributed by atoms with Crippen LogP contribution in [-0.2, 0) is 20.7 Å². The number of rotatable bonds is 6. The average Bonchev–Trinajstić information content (AvgIpc) is 3.01. The Labute approximate surface area is 146 Å². The van der Waals surface area contributed by atoms with Gasteiger partial charge in [0.2, 0.25) is 0 Å². The maximum Gasteiger partial charge on any atom is 0.311 e. The fourth-order valence-corrected chi connectivity index (χ4v) is 2.66. The smallest absolute Gasteiger partial charge is 0.311 e. The molecule has 1 aromatic carbocycles. The lowest BCUT2D eigenvalue weighted by Crippen LogP contribution is -2.30. The van der Waals surface area contributed by atoms with E-state index in [1.54, 1.807) is 6.07 Å². The first-order valence-electron chi connectivity index (χ1n) is 6.83. The third-order valence-electron chi connectivity index (χ3n) is 2.99. The molecule has 9 heteroatoms. The van der Waals surface area contributed by atoms with Gasteiger partial charge in [0.1, 0.15) is 0 Å². The first-order valence-corrected chi connectivity index (χ1v) is 8.09. The molecule has 2 rings (SSSR count). The fourth-order valence-electron chi connectivity index (χ4n) is 1.80. The largest absolute Gasteiger partial charge is 0.452 e. The number of halogens is 1. The summed E-state index contributed by atoms with van der Waals surface area (Å²) in [6, 6.07) is 7.28. The molecule has 2 aromatic rings. The standard InChI is InChI=1S/C15H13ClN2O5S/c1-9(23-14(19)8-11-3-2-6-24-11)15(20)17-13-7-10(18(21)22)4-5-12(13)16/h2-7,9H,8H2,1H3,(H,17,20)/t9-/m0/s1. The zero-order valence-electron chi connectivity index (χ0n) is 12.5. The second-order valence-electron chi connectivity index (χ2n) is 4.80. The molecule has 0 unspecified atom stereocenters. The van der Waals surface area contributed by atoms with Crippen LogP contribution in [0.4, 0.5) is 11.4 Å². The van der Waals surface area contributed by atoms with Gasteiger partial charge >= 0.3 is 5.97 Å². The summed E-state index contributed by atoms with van der Waals surface area (Å²) in [6.07, 6.45) is -0.986. The van der Waals surface area contributed by atoms with Gasteiger partial charge in [0.15, 0.2) is 6.10 Å². The molecule has 0 fully saturated rings. The minimum Gasteiger partial charge on any atom is -0.452 e. The predicted molar refractivity (Wildman–Crippen MR) is 90.3 cm³/mol. The van der Waals surface area contributed by atoms with Gasteiger partial charge in [-0.2, -0.15) is 0 Å². The van der Waals surface area contributed by atoms with E-state index >= 15 is 0 Å². The lowest BCUT2D eigenvalue weighted by molar-refractivity contribution is -0.384. The van der Waals surface area contributed by atoms with Crippen molar-refractivity contribution < 1.29 is 19.2 Å². The Kier molecular flexibility index (Phi) is 5.88. The molecule has 0 aliphatic heterocycles. The third-order valence-corrected chi connectivity index (χ3v) is 4.20. The number of carbonyl (C=O) groups is 2. The van der Waals surface area contributed by atoms with Crippen LogP contribution in [0.1, 0.15) is 11.8 Å². The third kappa shape index (κ3) is 4.77. The molecule has 24 heavy (non-hydrogen) atoms. The second kappa shape index (κ2) is 7.89. The van der Waals surface area contributed by atoms with E-state index in [0.29, 0.717) is 0 Å². The molecule has 1 N–H and O–H groups in total. The van der Waals surface area contributed by atoms with E-state index in [2.05, 4.69) is 5.32 Å². The van der Waals surface area contributed by atoms with Gasteiger partial charge in [-0.3, -0.25) is 19.7 Å². The van der Waals surface area contributed by atoms with Crippen LogP contribution in [-0.4, -0.2) is 22.9 Å². The number of nitro benzene ring substituents is 1. The highest BCUT2D eigenvalue weighted by molar-refractivity contribution is 7.10. The number of nitrogens with zero attached hydrogens (tertiary/aromatic N) is 1. The number of non-ortho nitro benzene ring substituents is 1. The van der Waals surface area contributed by atoms with Gasteiger partial charge in [0.25, 0.3) is 11.6 Å². The van der Waals surface area contributed by atoms with Crippen molar-refractivity contribution in [1.29, 1.82) is 0 Å². The fraction of sp³-hybridized carbons (Fsp3) is 0.200. The summed E-state index contributed by atoms with van der Waals surface area (Å²) >= 11 is 7.32. The molecule has 0 bridgehead atoms. The van der Waals surface area contributed by atoms with E-state index in [1.165, 1.54) is 30.4 Å². The van der Waals surface area contributed by atoms with Crippen LogP contribution in [0.3, 0.4) is 0 Å². The van der Waals surface area contributed by atoms with Crippen molar-refractivity contribution in [3.8, 4) is 0 Å². The summed E-state index contributed by atoms with van der Waals surface area (Å²) in [5, 5.41) is 15.2. The lowest BCUT2D eigenvalue weighted by Gasteiger charge is -2.14. The minimum atomic E-state index is -1.06. The van der Waals surface area contributed by atoms with Gasteiger partial charge in [-0.1, -0.05) is 17.7 Å². The number of thiophene rings is 1. The van der Waals surface area contributed by atoms with Crippen LogP contribution in [0.25, 0.3) is 0 Å². The van der Waals surface area contributed by atoms with Gasteiger partial charge < -0.3 is 10.1 Å². The van der Waals surface area contributed by atoms with Crippen molar-refractivity contribution in [1.82, 2.24) is 0 Å². The Bertz CT molecular complexity index is 763. The normalized spacial score (nSPS) is 11.6. The van der Waals surface area contributed by atoms with E-state index < -0.39 is 22.9 Å². The highest BCUT2D eigenvalue weighted by Gasteiger charge is 2.20. The van der Waals surface area contributed by atoms with Crippen molar-refractivity contribution in [2.24, 2.45) is 0 Å². The monoisotopic (exact) mass is 368 g/mol. The predicted octanol–water partition coefficient (Wildman–Crippen LogP) is 3.42. The van der Waals surface area contributed by atoms with Crippen LogP contribution < -0.4 is 5.32 Å². The summed E-state index contributed by atoms with van der Waals surface area (Å²) in [6.45, 7) is 1.41. The number of nitro groups is 1. The highest BCUT2D eigenvalue weighted by Crippen LogP contribution is 2.26. The number of anilines is 1. The van der Waals surface area contributed by atoms with Crippen molar-refractivity contribution in [2.75, 3.05) is 5.32 Å². The number of carbonyl (C=O) groups excluding carboxylic acids is 2. The number of ether oxygens (including phenoxy) is 1. The SMILES string of the molecule is C[C@H](OC(=O)Cc1cccs1)C(=O)Nc1cc([N+](=O)[O-])ccc1Cl. The van der Waals surface area contributed by atoms with Crippen LogP contribution in [0.15, 0.2) is 35.7 Å². The van der Waals surface area contributed by atoms with Gasteiger partial charge in [-0.05, 0) is 24.4 Å². The molecule has 0 aliphatic carbocycles. The van der Waals surface area contributed by atoms with Crippen molar-refractivity contribution in [3.05, 3.63) is 55.7 Å².